The van der Waals surface area contributed by atoms with Crippen molar-refractivity contribution < 1.29 is 14.6 Å². The highest BCUT2D eigenvalue weighted by atomic mass is 32.1. The van der Waals surface area contributed by atoms with E-state index in [2.05, 4.69) is 17.2 Å². The third-order valence-electron chi connectivity index (χ3n) is 2.71. The molecule has 1 amide bonds. The van der Waals surface area contributed by atoms with Gasteiger partial charge < -0.3 is 15.2 Å². The molecule has 0 bridgehead atoms. The fraction of sp³-hybridized carbons (Fsp3) is 0.533. The standard InChI is InChI=1S/C15H21NO3S/c1-15(2,19-3)10-14(18)16-11-13-8-7-12(20-13)6-4-5-9-17/h7-8,17H,5,9-11H2,1-3H3,(H,16,18). The second kappa shape index (κ2) is 8.05. The normalized spacial score (nSPS) is 10.8. The Morgan fingerprint density at radius 1 is 1.50 bits per heavy atom. The van der Waals surface area contributed by atoms with Gasteiger partial charge in [-0.3, -0.25) is 4.79 Å². The SMILES string of the molecule is COC(C)(C)CC(=O)NCc1ccc(C#CCCO)s1. The number of methoxy groups -OCH3 is 1. The Morgan fingerprint density at radius 3 is 2.90 bits per heavy atom. The van der Waals surface area contributed by atoms with Crippen LogP contribution in [0.1, 0.15) is 36.4 Å². The molecule has 0 aliphatic heterocycles. The first-order chi connectivity index (χ1) is 9.46. The molecule has 0 aliphatic carbocycles. The summed E-state index contributed by atoms with van der Waals surface area (Å²) in [6, 6.07) is 3.88. The molecule has 0 spiro atoms. The zero-order valence-electron chi connectivity index (χ0n) is 12.2. The first-order valence-electron chi connectivity index (χ1n) is 6.47. The molecule has 0 fully saturated rings. The molecule has 0 radical (unpaired) electrons. The molecule has 110 valence electrons. The summed E-state index contributed by atoms with van der Waals surface area (Å²) in [4.78, 5) is 13.8. The average Bonchev–Trinajstić information content (AvgIpc) is 2.84. The summed E-state index contributed by atoms with van der Waals surface area (Å²) >= 11 is 1.55. The van der Waals surface area contributed by atoms with Crippen molar-refractivity contribution in [3.05, 3.63) is 21.9 Å². The molecule has 2 N–H and O–H groups in total. The number of thiophene rings is 1. The fourth-order valence-corrected chi connectivity index (χ4v) is 2.27. The molecule has 0 unspecified atom stereocenters. The Labute approximate surface area is 124 Å². The van der Waals surface area contributed by atoms with Gasteiger partial charge in [0.1, 0.15) is 0 Å². The molecule has 0 aromatic carbocycles. The van der Waals surface area contributed by atoms with Crippen molar-refractivity contribution in [2.24, 2.45) is 0 Å². The van der Waals surface area contributed by atoms with Crippen LogP contribution in [0, 0.1) is 11.8 Å². The van der Waals surface area contributed by atoms with Crippen LogP contribution < -0.4 is 5.32 Å². The number of nitrogens with one attached hydrogen (secondary N) is 1. The van der Waals surface area contributed by atoms with Gasteiger partial charge in [0.15, 0.2) is 0 Å². The Kier molecular flexibility index (Phi) is 6.73. The average molecular weight is 295 g/mol. The smallest absolute Gasteiger partial charge is 0.223 e. The van der Waals surface area contributed by atoms with Gasteiger partial charge in [-0.1, -0.05) is 11.8 Å². The van der Waals surface area contributed by atoms with Crippen LogP contribution in [0.3, 0.4) is 0 Å². The number of carbonyl (C=O) groups is 1. The molecule has 1 aromatic rings. The van der Waals surface area contributed by atoms with Crippen molar-refractivity contribution in [2.45, 2.75) is 38.8 Å². The fourth-order valence-electron chi connectivity index (χ4n) is 1.45. The lowest BCUT2D eigenvalue weighted by Crippen LogP contribution is -2.33. The van der Waals surface area contributed by atoms with E-state index in [9.17, 15) is 4.79 Å². The van der Waals surface area contributed by atoms with E-state index < -0.39 is 5.60 Å². The van der Waals surface area contributed by atoms with Crippen LogP contribution in [-0.2, 0) is 16.1 Å². The highest BCUT2D eigenvalue weighted by molar-refractivity contribution is 7.12. The van der Waals surface area contributed by atoms with Gasteiger partial charge in [-0.25, -0.2) is 0 Å². The van der Waals surface area contributed by atoms with Crippen molar-refractivity contribution >= 4 is 17.2 Å². The predicted octanol–water partition coefficient (Wildman–Crippen LogP) is 1.91. The van der Waals surface area contributed by atoms with Crippen LogP contribution in [0.25, 0.3) is 0 Å². The molecule has 0 saturated heterocycles. The van der Waals surface area contributed by atoms with Crippen molar-refractivity contribution in [1.29, 1.82) is 0 Å². The number of hydrogen-bond acceptors (Lipinski definition) is 4. The molecule has 1 aromatic heterocycles. The molecule has 5 heteroatoms. The maximum atomic E-state index is 11.8. The van der Waals surface area contributed by atoms with E-state index in [1.54, 1.807) is 18.4 Å². The number of aliphatic hydroxyl groups excluding tert-OH is 1. The maximum Gasteiger partial charge on any atom is 0.223 e. The predicted molar refractivity (Wildman–Crippen MR) is 80.5 cm³/mol. The summed E-state index contributed by atoms with van der Waals surface area (Å²) in [5, 5.41) is 11.5. The molecule has 1 heterocycles. The number of amides is 1. The van der Waals surface area contributed by atoms with E-state index >= 15 is 0 Å². The summed E-state index contributed by atoms with van der Waals surface area (Å²) in [5.74, 6) is 5.82. The van der Waals surface area contributed by atoms with E-state index in [1.165, 1.54) is 0 Å². The lowest BCUT2D eigenvalue weighted by Gasteiger charge is -2.21. The first-order valence-corrected chi connectivity index (χ1v) is 7.29. The molecular formula is C15H21NO3S. The van der Waals surface area contributed by atoms with Crippen molar-refractivity contribution in [2.75, 3.05) is 13.7 Å². The minimum absolute atomic E-state index is 0.0295. The van der Waals surface area contributed by atoms with Crippen molar-refractivity contribution in [3.63, 3.8) is 0 Å². The second-order valence-electron chi connectivity index (χ2n) is 4.96. The number of rotatable bonds is 6. The third-order valence-corrected chi connectivity index (χ3v) is 3.71. The summed E-state index contributed by atoms with van der Waals surface area (Å²) in [7, 11) is 1.60. The van der Waals surface area contributed by atoms with Gasteiger partial charge in [-0.2, -0.15) is 0 Å². The van der Waals surface area contributed by atoms with Gasteiger partial charge in [0.25, 0.3) is 0 Å². The van der Waals surface area contributed by atoms with Crippen LogP contribution in [0.5, 0.6) is 0 Å². The van der Waals surface area contributed by atoms with E-state index in [0.717, 1.165) is 9.75 Å². The van der Waals surface area contributed by atoms with Gasteiger partial charge >= 0.3 is 0 Å². The number of ether oxygens (including phenoxy) is 1. The van der Waals surface area contributed by atoms with Crippen molar-refractivity contribution in [1.82, 2.24) is 5.32 Å². The number of carbonyl (C=O) groups excluding carboxylic acids is 1. The molecular weight excluding hydrogens is 274 g/mol. The van der Waals surface area contributed by atoms with Gasteiger partial charge in [-0.15, -0.1) is 11.3 Å². The molecule has 20 heavy (non-hydrogen) atoms. The minimum atomic E-state index is -0.444. The minimum Gasteiger partial charge on any atom is -0.395 e. The Balaban J connectivity index is 2.43. The lowest BCUT2D eigenvalue weighted by atomic mass is 10.1. The second-order valence-corrected chi connectivity index (χ2v) is 6.13. The van der Waals surface area contributed by atoms with E-state index in [4.69, 9.17) is 9.84 Å². The molecule has 0 atom stereocenters. The van der Waals surface area contributed by atoms with Gasteiger partial charge in [0, 0.05) is 18.4 Å². The van der Waals surface area contributed by atoms with Gasteiger partial charge in [0.05, 0.1) is 30.1 Å². The molecule has 0 aliphatic rings. The van der Waals surface area contributed by atoms with E-state index in [-0.39, 0.29) is 12.5 Å². The highest BCUT2D eigenvalue weighted by Gasteiger charge is 2.20. The zero-order chi connectivity index (χ0) is 15.0. The largest absolute Gasteiger partial charge is 0.395 e. The van der Waals surface area contributed by atoms with E-state index in [1.807, 2.05) is 26.0 Å². The van der Waals surface area contributed by atoms with Crippen LogP contribution in [0.15, 0.2) is 12.1 Å². The highest BCUT2D eigenvalue weighted by Crippen LogP contribution is 2.16. The van der Waals surface area contributed by atoms with Crippen LogP contribution in [-0.4, -0.2) is 30.3 Å². The summed E-state index contributed by atoms with van der Waals surface area (Å²) in [6.45, 7) is 4.35. The first kappa shape index (κ1) is 16.7. The number of aliphatic hydroxyl groups is 1. The zero-order valence-corrected chi connectivity index (χ0v) is 13.0. The lowest BCUT2D eigenvalue weighted by molar-refractivity contribution is -0.126. The maximum absolute atomic E-state index is 11.8. The summed E-state index contributed by atoms with van der Waals surface area (Å²) in [5.41, 5.74) is -0.444. The Hall–Kier alpha value is -1.35. The van der Waals surface area contributed by atoms with Crippen LogP contribution in [0.2, 0.25) is 0 Å². The monoisotopic (exact) mass is 295 g/mol. The molecule has 4 nitrogen and oxygen atoms in total. The van der Waals surface area contributed by atoms with Crippen LogP contribution in [0.4, 0.5) is 0 Å². The quantitative estimate of drug-likeness (QED) is 0.788. The third kappa shape index (κ3) is 6.20. The Morgan fingerprint density at radius 2 is 2.25 bits per heavy atom. The Bertz CT molecular complexity index is 497. The topological polar surface area (TPSA) is 58.6 Å². The van der Waals surface area contributed by atoms with E-state index in [0.29, 0.717) is 19.4 Å². The molecule has 0 saturated carbocycles. The molecule has 1 rings (SSSR count). The van der Waals surface area contributed by atoms with Crippen molar-refractivity contribution in [3.8, 4) is 11.8 Å². The van der Waals surface area contributed by atoms with Gasteiger partial charge in [0.2, 0.25) is 5.91 Å². The van der Waals surface area contributed by atoms with Crippen LogP contribution >= 0.6 is 11.3 Å². The number of hydrogen-bond donors (Lipinski definition) is 2. The van der Waals surface area contributed by atoms with Gasteiger partial charge in [-0.05, 0) is 26.0 Å². The summed E-state index contributed by atoms with van der Waals surface area (Å²) < 4.78 is 5.22. The summed E-state index contributed by atoms with van der Waals surface area (Å²) in [6.07, 6.45) is 0.814.